The second-order valence-electron chi connectivity index (χ2n) is 9.08. The molecule has 0 aromatic rings. The molecule has 8 nitrogen and oxygen atoms in total. The molecule has 0 bridgehead atoms. The summed E-state index contributed by atoms with van der Waals surface area (Å²) in [5.41, 5.74) is -0.498. The Morgan fingerprint density at radius 3 is 2.31 bits per heavy atom. The molecule has 0 spiro atoms. The van der Waals surface area contributed by atoms with Crippen LogP contribution in [0.1, 0.15) is 59.3 Å². The minimum Gasteiger partial charge on any atom is -0.481 e. The number of carbonyl (C=O) groups excluding carboxylic acids is 2. The Morgan fingerprint density at radius 2 is 1.79 bits per heavy atom. The van der Waals surface area contributed by atoms with E-state index in [1.54, 1.807) is 4.90 Å². The molecule has 0 radical (unpaired) electrons. The van der Waals surface area contributed by atoms with Crippen LogP contribution >= 0.6 is 12.4 Å². The molecule has 2 heterocycles. The fraction of sp³-hybridized carbons (Fsp3) is 0.850. The summed E-state index contributed by atoms with van der Waals surface area (Å²) in [5.74, 6) is 0.0935. The van der Waals surface area contributed by atoms with E-state index in [9.17, 15) is 14.4 Å². The third-order valence-corrected chi connectivity index (χ3v) is 4.98. The van der Waals surface area contributed by atoms with Gasteiger partial charge in [-0.2, -0.15) is 0 Å². The van der Waals surface area contributed by atoms with E-state index in [1.807, 2.05) is 20.8 Å². The van der Waals surface area contributed by atoms with Gasteiger partial charge in [-0.05, 0) is 71.4 Å². The third kappa shape index (κ3) is 10.7. The average molecular weight is 434 g/mol. The lowest BCUT2D eigenvalue weighted by Gasteiger charge is -2.24. The average Bonchev–Trinajstić information content (AvgIpc) is 3.04. The van der Waals surface area contributed by atoms with Crippen molar-refractivity contribution in [2.75, 3.05) is 26.2 Å². The van der Waals surface area contributed by atoms with Gasteiger partial charge in [-0.25, -0.2) is 4.79 Å². The highest BCUT2D eigenvalue weighted by Crippen LogP contribution is 2.22. The first kappa shape index (κ1) is 25.5. The van der Waals surface area contributed by atoms with Crippen LogP contribution in [0, 0.1) is 11.8 Å². The van der Waals surface area contributed by atoms with Crippen molar-refractivity contribution >= 4 is 30.4 Å². The Kier molecular flexibility index (Phi) is 10.2. The molecule has 2 atom stereocenters. The zero-order chi connectivity index (χ0) is 20.7. The largest absolute Gasteiger partial charge is 0.481 e. The molecule has 0 unspecified atom stereocenters. The summed E-state index contributed by atoms with van der Waals surface area (Å²) in [6.45, 7) is 8.63. The lowest BCUT2D eigenvalue weighted by Crippen LogP contribution is -2.35. The number of ether oxygens (including phenoxy) is 1. The first-order valence-electron chi connectivity index (χ1n) is 10.3. The van der Waals surface area contributed by atoms with E-state index in [0.717, 1.165) is 32.4 Å². The highest BCUT2D eigenvalue weighted by atomic mass is 35.5. The molecule has 29 heavy (non-hydrogen) atoms. The van der Waals surface area contributed by atoms with E-state index in [4.69, 9.17) is 9.84 Å². The Balaban J connectivity index is 0.000000289. The summed E-state index contributed by atoms with van der Waals surface area (Å²) in [7, 11) is 0. The van der Waals surface area contributed by atoms with Crippen molar-refractivity contribution in [3.05, 3.63) is 0 Å². The third-order valence-electron chi connectivity index (χ3n) is 4.98. The molecule has 3 fully saturated rings. The second kappa shape index (κ2) is 11.6. The number of carbonyl (C=O) groups is 3. The highest BCUT2D eigenvalue weighted by Gasteiger charge is 2.30. The minimum atomic E-state index is -0.809. The van der Waals surface area contributed by atoms with Crippen LogP contribution in [0.4, 0.5) is 4.79 Å². The Hall–Kier alpha value is -1.54. The predicted molar refractivity (Wildman–Crippen MR) is 112 cm³/mol. The molecule has 2 aliphatic heterocycles. The van der Waals surface area contributed by atoms with Crippen molar-refractivity contribution in [1.29, 1.82) is 0 Å². The van der Waals surface area contributed by atoms with Crippen molar-refractivity contribution in [1.82, 2.24) is 15.5 Å². The number of hydrogen-bond donors (Lipinski definition) is 3. The van der Waals surface area contributed by atoms with Crippen LogP contribution in [-0.4, -0.2) is 65.8 Å². The number of nitrogens with one attached hydrogen (secondary N) is 2. The zero-order valence-electron chi connectivity index (χ0n) is 17.7. The number of likely N-dealkylation sites (tertiary alicyclic amines) is 1. The van der Waals surface area contributed by atoms with Gasteiger partial charge in [0.05, 0.1) is 0 Å². The van der Waals surface area contributed by atoms with Crippen LogP contribution in [0.25, 0.3) is 0 Å². The van der Waals surface area contributed by atoms with E-state index in [2.05, 4.69) is 10.6 Å². The fourth-order valence-electron chi connectivity index (χ4n) is 3.40. The summed E-state index contributed by atoms with van der Waals surface area (Å²) in [5, 5.41) is 14.9. The van der Waals surface area contributed by atoms with Crippen LogP contribution in [0.3, 0.4) is 0 Å². The van der Waals surface area contributed by atoms with Gasteiger partial charge in [0.2, 0.25) is 5.91 Å². The molecule has 2 saturated heterocycles. The van der Waals surface area contributed by atoms with E-state index in [0.29, 0.717) is 25.0 Å². The van der Waals surface area contributed by atoms with Gasteiger partial charge in [-0.1, -0.05) is 0 Å². The van der Waals surface area contributed by atoms with Gasteiger partial charge in [-0.15, -0.1) is 12.4 Å². The lowest BCUT2D eigenvalue weighted by atomic mass is 10.0. The monoisotopic (exact) mass is 433 g/mol. The molecule has 9 heteroatoms. The molecular formula is C20H36ClN3O5. The summed E-state index contributed by atoms with van der Waals surface area (Å²) in [6, 6.07) is 0.520. The maximum Gasteiger partial charge on any atom is 0.410 e. The van der Waals surface area contributed by atoms with Crippen LogP contribution < -0.4 is 10.6 Å². The standard InChI is InChI=1S/C11H19NO4.C9H16N2O.ClH/c1-11(2,3)16-10(15)12-5-4-8(7-12)6-9(13)14;12-9(11-8-1-2-8)5-7-3-4-10-6-7;/h8H,4-7H2,1-3H3,(H,13,14);7-8,10H,1-6H2,(H,11,12);1H/t8-;7-;/m11./s1. The summed E-state index contributed by atoms with van der Waals surface area (Å²) in [4.78, 5) is 35.1. The Bertz CT molecular complexity index is 557. The van der Waals surface area contributed by atoms with Gasteiger partial charge in [0, 0.05) is 32.0 Å². The number of rotatable bonds is 5. The molecule has 3 aliphatic rings. The van der Waals surface area contributed by atoms with E-state index >= 15 is 0 Å². The van der Waals surface area contributed by atoms with Gasteiger partial charge in [0.15, 0.2) is 0 Å². The quantitative estimate of drug-likeness (QED) is 0.614. The zero-order valence-corrected chi connectivity index (χ0v) is 18.6. The molecule has 168 valence electrons. The first-order chi connectivity index (χ1) is 13.1. The predicted octanol–water partition coefficient (Wildman–Crippen LogP) is 2.40. The Morgan fingerprint density at radius 1 is 1.10 bits per heavy atom. The smallest absolute Gasteiger partial charge is 0.410 e. The number of amides is 2. The summed E-state index contributed by atoms with van der Waals surface area (Å²) in [6.07, 6.45) is 4.79. The lowest BCUT2D eigenvalue weighted by molar-refractivity contribution is -0.138. The van der Waals surface area contributed by atoms with Crippen LogP contribution in [0.15, 0.2) is 0 Å². The number of halogens is 1. The fourth-order valence-corrected chi connectivity index (χ4v) is 3.40. The topological polar surface area (TPSA) is 108 Å². The van der Waals surface area contributed by atoms with E-state index < -0.39 is 11.6 Å². The molecule has 2 amide bonds. The molecule has 0 aromatic heterocycles. The van der Waals surface area contributed by atoms with Crippen molar-refractivity contribution in [2.24, 2.45) is 11.8 Å². The van der Waals surface area contributed by atoms with Crippen LogP contribution in [-0.2, 0) is 14.3 Å². The normalized spacial score (nSPS) is 23.5. The first-order valence-corrected chi connectivity index (χ1v) is 10.3. The minimum absolute atomic E-state index is 0. The van der Waals surface area contributed by atoms with Crippen molar-refractivity contribution in [3.8, 4) is 0 Å². The number of hydrogen-bond acceptors (Lipinski definition) is 5. The SMILES string of the molecule is CC(C)(C)OC(=O)N1CC[C@H](CC(=O)O)C1.Cl.O=C(C[C@H]1CCNC1)NC1CC1. The number of aliphatic carboxylic acids is 1. The van der Waals surface area contributed by atoms with Gasteiger partial charge >= 0.3 is 12.1 Å². The summed E-state index contributed by atoms with van der Waals surface area (Å²) >= 11 is 0. The number of carboxylic acid groups (broad SMARTS) is 1. The van der Waals surface area contributed by atoms with Crippen molar-refractivity contribution < 1.29 is 24.2 Å². The summed E-state index contributed by atoms with van der Waals surface area (Å²) < 4.78 is 5.21. The van der Waals surface area contributed by atoms with Crippen molar-refractivity contribution in [2.45, 2.75) is 70.9 Å². The van der Waals surface area contributed by atoms with Crippen LogP contribution in [0.5, 0.6) is 0 Å². The molecule has 0 aromatic carbocycles. The molecule has 1 aliphatic carbocycles. The molecular weight excluding hydrogens is 398 g/mol. The molecule has 1 saturated carbocycles. The van der Waals surface area contributed by atoms with Crippen LogP contribution in [0.2, 0.25) is 0 Å². The van der Waals surface area contributed by atoms with Gasteiger partial charge in [0.1, 0.15) is 5.60 Å². The van der Waals surface area contributed by atoms with Gasteiger partial charge < -0.3 is 25.4 Å². The van der Waals surface area contributed by atoms with Gasteiger partial charge in [0.25, 0.3) is 0 Å². The van der Waals surface area contributed by atoms with Crippen molar-refractivity contribution in [3.63, 3.8) is 0 Å². The molecule has 3 rings (SSSR count). The number of carboxylic acids is 1. The molecule has 3 N–H and O–H groups in total. The second-order valence-corrected chi connectivity index (χ2v) is 9.08. The highest BCUT2D eigenvalue weighted by molar-refractivity contribution is 5.85. The van der Waals surface area contributed by atoms with E-state index in [-0.39, 0.29) is 36.7 Å². The number of nitrogens with zero attached hydrogens (tertiary/aromatic N) is 1. The maximum absolute atomic E-state index is 11.6. The maximum atomic E-state index is 11.6. The van der Waals surface area contributed by atoms with Gasteiger partial charge in [-0.3, -0.25) is 9.59 Å². The van der Waals surface area contributed by atoms with E-state index in [1.165, 1.54) is 12.8 Å². The Labute approximate surface area is 179 Å².